The molecule has 1 aliphatic rings. The second kappa shape index (κ2) is 6.06. The van der Waals surface area contributed by atoms with Crippen LogP contribution in [0.15, 0.2) is 6.07 Å². The van der Waals surface area contributed by atoms with Gasteiger partial charge < -0.3 is 20.5 Å². The number of ether oxygens (including phenoxy) is 2. The quantitative estimate of drug-likeness (QED) is 0.841. The number of hydrogen-bond acceptors (Lipinski definition) is 6. The molecule has 0 unspecified atom stereocenters. The number of aromatic nitrogens is 2. The van der Waals surface area contributed by atoms with Crippen molar-refractivity contribution in [3.63, 3.8) is 0 Å². The van der Waals surface area contributed by atoms with Crippen LogP contribution in [0.25, 0.3) is 0 Å². The second-order valence-electron chi connectivity index (χ2n) is 4.95. The van der Waals surface area contributed by atoms with Gasteiger partial charge in [0.15, 0.2) is 0 Å². The molecule has 1 aliphatic carbocycles. The normalized spacial score (nSPS) is 17.8. The first-order chi connectivity index (χ1) is 9.21. The highest BCUT2D eigenvalue weighted by molar-refractivity contribution is 5.36. The van der Waals surface area contributed by atoms with Crippen LogP contribution in [0.2, 0.25) is 0 Å². The maximum Gasteiger partial charge on any atom is 0.229 e. The van der Waals surface area contributed by atoms with Crippen LogP contribution >= 0.6 is 0 Å². The largest absolute Gasteiger partial charge is 0.481 e. The topological polar surface area (TPSA) is 82.3 Å². The monoisotopic (exact) mass is 266 g/mol. The molecular weight excluding hydrogens is 244 g/mol. The number of nitrogens with zero attached hydrogens (tertiary/aromatic N) is 2. The van der Waals surface area contributed by atoms with Crippen LogP contribution in [-0.4, -0.2) is 36.3 Å². The van der Waals surface area contributed by atoms with Crippen LogP contribution in [0.5, 0.6) is 11.8 Å². The lowest BCUT2D eigenvalue weighted by Gasteiger charge is -2.37. The minimum absolute atomic E-state index is 0.102. The number of rotatable bonds is 5. The van der Waals surface area contributed by atoms with Crippen molar-refractivity contribution in [1.82, 2.24) is 9.97 Å². The van der Waals surface area contributed by atoms with Crippen LogP contribution in [0.4, 0.5) is 5.95 Å². The maximum atomic E-state index is 5.95. The van der Waals surface area contributed by atoms with E-state index in [1.54, 1.807) is 20.3 Å². The van der Waals surface area contributed by atoms with Crippen LogP contribution < -0.4 is 20.5 Å². The Morgan fingerprint density at radius 2 is 1.74 bits per heavy atom. The van der Waals surface area contributed by atoms with E-state index in [0.29, 0.717) is 24.3 Å². The summed E-state index contributed by atoms with van der Waals surface area (Å²) in [5.41, 5.74) is 5.85. The minimum Gasteiger partial charge on any atom is -0.481 e. The highest BCUT2D eigenvalue weighted by Crippen LogP contribution is 2.31. The fourth-order valence-corrected chi connectivity index (χ4v) is 2.51. The molecule has 0 spiro atoms. The van der Waals surface area contributed by atoms with Gasteiger partial charge in [-0.1, -0.05) is 19.3 Å². The third kappa shape index (κ3) is 3.26. The average Bonchev–Trinajstić information content (AvgIpc) is 2.47. The standard InChI is InChI=1S/C13H22N4O2/c1-18-10-8-11(19-2)16-12(15-10)17-13(9-14)6-4-3-5-7-13/h8H,3-7,9,14H2,1-2H3,(H,15,16,17). The third-order valence-corrected chi connectivity index (χ3v) is 3.68. The molecule has 1 heterocycles. The molecule has 106 valence electrons. The summed E-state index contributed by atoms with van der Waals surface area (Å²) in [6, 6.07) is 1.65. The van der Waals surface area contributed by atoms with E-state index in [4.69, 9.17) is 15.2 Å². The van der Waals surface area contributed by atoms with Gasteiger partial charge in [0.05, 0.1) is 25.8 Å². The fraction of sp³-hybridized carbons (Fsp3) is 0.692. The summed E-state index contributed by atoms with van der Waals surface area (Å²) in [4.78, 5) is 8.61. The Kier molecular flexibility index (Phi) is 4.42. The Morgan fingerprint density at radius 1 is 1.16 bits per heavy atom. The summed E-state index contributed by atoms with van der Waals surface area (Å²) >= 11 is 0. The van der Waals surface area contributed by atoms with Gasteiger partial charge in [-0.15, -0.1) is 0 Å². The van der Waals surface area contributed by atoms with Crippen molar-refractivity contribution in [2.24, 2.45) is 5.73 Å². The lowest BCUT2D eigenvalue weighted by atomic mass is 9.82. The van der Waals surface area contributed by atoms with Crippen molar-refractivity contribution in [2.75, 3.05) is 26.1 Å². The molecule has 2 rings (SSSR count). The Hall–Kier alpha value is -1.56. The Bertz CT molecular complexity index is 397. The average molecular weight is 266 g/mol. The van der Waals surface area contributed by atoms with Gasteiger partial charge in [-0.2, -0.15) is 9.97 Å². The third-order valence-electron chi connectivity index (χ3n) is 3.68. The van der Waals surface area contributed by atoms with E-state index >= 15 is 0 Å². The molecule has 0 atom stereocenters. The summed E-state index contributed by atoms with van der Waals surface area (Å²) in [7, 11) is 3.15. The van der Waals surface area contributed by atoms with Crippen LogP contribution in [0.3, 0.4) is 0 Å². The summed E-state index contributed by atoms with van der Waals surface area (Å²) in [6.45, 7) is 0.579. The van der Waals surface area contributed by atoms with Crippen LogP contribution in [0.1, 0.15) is 32.1 Å². The molecule has 0 bridgehead atoms. The van der Waals surface area contributed by atoms with Crippen molar-refractivity contribution in [1.29, 1.82) is 0 Å². The zero-order valence-electron chi connectivity index (χ0n) is 11.6. The van der Waals surface area contributed by atoms with Crippen molar-refractivity contribution >= 4 is 5.95 Å². The molecule has 0 amide bonds. The van der Waals surface area contributed by atoms with E-state index in [2.05, 4.69) is 15.3 Å². The first kappa shape index (κ1) is 13.9. The van der Waals surface area contributed by atoms with E-state index in [1.807, 2.05) is 0 Å². The molecule has 6 heteroatoms. The second-order valence-corrected chi connectivity index (χ2v) is 4.95. The van der Waals surface area contributed by atoms with Crippen molar-refractivity contribution in [3.05, 3.63) is 6.07 Å². The highest BCUT2D eigenvalue weighted by atomic mass is 16.5. The van der Waals surface area contributed by atoms with E-state index in [1.165, 1.54) is 19.3 Å². The summed E-state index contributed by atoms with van der Waals surface area (Å²) in [5.74, 6) is 1.48. The molecule has 1 aromatic rings. The maximum absolute atomic E-state index is 5.95. The summed E-state index contributed by atoms with van der Waals surface area (Å²) in [6.07, 6.45) is 5.74. The zero-order chi connectivity index (χ0) is 13.7. The molecular formula is C13H22N4O2. The predicted molar refractivity (Wildman–Crippen MR) is 73.6 cm³/mol. The Labute approximate surface area is 113 Å². The first-order valence-corrected chi connectivity index (χ1v) is 6.67. The lowest BCUT2D eigenvalue weighted by Crippen LogP contribution is -2.47. The van der Waals surface area contributed by atoms with E-state index in [0.717, 1.165) is 12.8 Å². The van der Waals surface area contributed by atoms with Gasteiger partial charge in [0.2, 0.25) is 17.7 Å². The van der Waals surface area contributed by atoms with Gasteiger partial charge in [-0.25, -0.2) is 0 Å². The molecule has 1 fully saturated rings. The molecule has 6 nitrogen and oxygen atoms in total. The van der Waals surface area contributed by atoms with Crippen LogP contribution in [-0.2, 0) is 0 Å². The number of hydrogen-bond donors (Lipinski definition) is 2. The van der Waals surface area contributed by atoms with Gasteiger partial charge >= 0.3 is 0 Å². The fourth-order valence-electron chi connectivity index (χ4n) is 2.51. The smallest absolute Gasteiger partial charge is 0.229 e. The number of methoxy groups -OCH3 is 2. The number of nitrogens with two attached hydrogens (primary N) is 1. The number of nitrogens with one attached hydrogen (secondary N) is 1. The van der Waals surface area contributed by atoms with Crippen molar-refractivity contribution in [2.45, 2.75) is 37.6 Å². The SMILES string of the molecule is COc1cc(OC)nc(NC2(CN)CCCCC2)n1. The van der Waals surface area contributed by atoms with E-state index < -0.39 is 0 Å². The Balaban J connectivity index is 2.20. The molecule has 1 saturated carbocycles. The van der Waals surface area contributed by atoms with Gasteiger partial charge in [0, 0.05) is 6.54 Å². The van der Waals surface area contributed by atoms with Crippen molar-refractivity contribution < 1.29 is 9.47 Å². The molecule has 1 aromatic heterocycles. The van der Waals surface area contributed by atoms with Gasteiger partial charge in [0.1, 0.15) is 0 Å². The predicted octanol–water partition coefficient (Wildman–Crippen LogP) is 1.57. The zero-order valence-corrected chi connectivity index (χ0v) is 11.6. The summed E-state index contributed by atoms with van der Waals surface area (Å²) in [5, 5.41) is 3.39. The van der Waals surface area contributed by atoms with Crippen LogP contribution in [0, 0.1) is 0 Å². The summed E-state index contributed by atoms with van der Waals surface area (Å²) < 4.78 is 10.3. The minimum atomic E-state index is -0.102. The molecule has 0 radical (unpaired) electrons. The van der Waals surface area contributed by atoms with E-state index in [-0.39, 0.29) is 5.54 Å². The van der Waals surface area contributed by atoms with E-state index in [9.17, 15) is 0 Å². The highest BCUT2D eigenvalue weighted by Gasteiger charge is 2.31. The van der Waals surface area contributed by atoms with Gasteiger partial charge in [-0.3, -0.25) is 0 Å². The first-order valence-electron chi connectivity index (χ1n) is 6.67. The molecule has 3 N–H and O–H groups in total. The van der Waals surface area contributed by atoms with Gasteiger partial charge in [0.25, 0.3) is 0 Å². The molecule has 0 saturated heterocycles. The number of anilines is 1. The Morgan fingerprint density at radius 3 is 2.21 bits per heavy atom. The lowest BCUT2D eigenvalue weighted by molar-refractivity contribution is 0.326. The molecule has 19 heavy (non-hydrogen) atoms. The molecule has 0 aliphatic heterocycles. The molecule has 0 aromatic carbocycles. The van der Waals surface area contributed by atoms with Crippen molar-refractivity contribution in [3.8, 4) is 11.8 Å². The van der Waals surface area contributed by atoms with Gasteiger partial charge in [-0.05, 0) is 12.8 Å².